The minimum Gasteiger partial charge on any atom is -0.483 e. The van der Waals surface area contributed by atoms with E-state index in [1.165, 1.54) is 0 Å². The third-order valence-corrected chi connectivity index (χ3v) is 5.27. The Balaban J connectivity index is 1.65. The van der Waals surface area contributed by atoms with E-state index in [1.54, 1.807) is 18.3 Å². The van der Waals surface area contributed by atoms with Crippen molar-refractivity contribution in [3.8, 4) is 5.75 Å². The Morgan fingerprint density at radius 2 is 2.06 bits per heavy atom. The quantitative estimate of drug-likeness (QED) is 0.386. The number of halogens is 1. The minimum atomic E-state index is -1.37. The van der Waals surface area contributed by atoms with Crippen LogP contribution >= 0.6 is 11.6 Å². The van der Waals surface area contributed by atoms with Gasteiger partial charge in [-0.25, -0.2) is 0 Å². The topological polar surface area (TPSA) is 141 Å². The molecule has 0 bridgehead atoms. The second-order valence-electron chi connectivity index (χ2n) is 7.77. The summed E-state index contributed by atoms with van der Waals surface area (Å²) < 4.78 is 16.4. The average molecular weight is 464 g/mol. The number of esters is 1. The second kappa shape index (κ2) is 10.3. The van der Waals surface area contributed by atoms with E-state index in [-0.39, 0.29) is 25.6 Å². The van der Waals surface area contributed by atoms with Crippen LogP contribution in [-0.4, -0.2) is 51.7 Å². The lowest BCUT2D eigenvalue weighted by atomic mass is 10.1. The van der Waals surface area contributed by atoms with E-state index in [2.05, 4.69) is 10.1 Å². The third-order valence-electron chi connectivity index (χ3n) is 4.97. The van der Waals surface area contributed by atoms with Gasteiger partial charge in [0.2, 0.25) is 0 Å². The maximum Gasteiger partial charge on any atom is 0.306 e. The molecule has 0 aliphatic rings. The van der Waals surface area contributed by atoms with Crippen LogP contribution in [0.25, 0.3) is 11.0 Å². The Bertz CT molecular complexity index is 1070. The summed E-state index contributed by atoms with van der Waals surface area (Å²) >= 11 is 6.42. The van der Waals surface area contributed by atoms with E-state index in [1.807, 2.05) is 26.0 Å². The van der Waals surface area contributed by atoms with E-state index in [4.69, 9.17) is 41.5 Å². The molecule has 0 spiro atoms. The number of rotatable bonds is 10. The standard InChI is InChI=1S/C22H26ClN3O6/c1-13-3-4-17(25-9-13)14(2)31-20-8-19-15(7-16(20)23)18(26-32-19)5-6-21(29)30-12-22(24,10-27)11-28/h3-4,7-9,14,27-28H,5-6,10-12,24H2,1-2H3/t14-/m0/s1. The average Bonchev–Trinajstić information content (AvgIpc) is 3.18. The molecule has 0 saturated heterocycles. The first-order chi connectivity index (χ1) is 15.2. The fourth-order valence-electron chi connectivity index (χ4n) is 2.89. The summed E-state index contributed by atoms with van der Waals surface area (Å²) in [6.07, 6.45) is 1.72. The number of aliphatic hydroxyl groups excluding tert-OH is 2. The molecule has 2 heterocycles. The Labute approximate surface area is 190 Å². The van der Waals surface area contributed by atoms with Gasteiger partial charge in [-0.1, -0.05) is 22.8 Å². The van der Waals surface area contributed by atoms with Crippen molar-refractivity contribution in [2.24, 2.45) is 5.73 Å². The lowest BCUT2D eigenvalue weighted by molar-refractivity contribution is -0.146. The van der Waals surface area contributed by atoms with Crippen molar-refractivity contribution < 1.29 is 29.0 Å². The number of carbonyl (C=O) groups is 1. The fraction of sp³-hybridized carbons (Fsp3) is 0.409. The SMILES string of the molecule is Cc1ccc([C@H](C)Oc2cc3onc(CCC(=O)OCC(N)(CO)CO)c3cc2Cl)nc1. The molecule has 4 N–H and O–H groups in total. The molecule has 32 heavy (non-hydrogen) atoms. The molecule has 0 aliphatic carbocycles. The number of aryl methyl sites for hydroxylation is 2. The van der Waals surface area contributed by atoms with Crippen molar-refractivity contribution in [2.75, 3.05) is 19.8 Å². The van der Waals surface area contributed by atoms with Crippen LogP contribution in [-0.2, 0) is 16.0 Å². The number of aromatic nitrogens is 2. The van der Waals surface area contributed by atoms with Crippen LogP contribution in [0.2, 0.25) is 5.02 Å². The number of nitrogens with two attached hydrogens (primary N) is 1. The molecule has 0 radical (unpaired) electrons. The molecular formula is C22H26ClN3O6. The van der Waals surface area contributed by atoms with Gasteiger partial charge in [0.25, 0.3) is 0 Å². The highest BCUT2D eigenvalue weighted by atomic mass is 35.5. The van der Waals surface area contributed by atoms with Gasteiger partial charge in [-0.05, 0) is 31.5 Å². The number of hydrogen-bond donors (Lipinski definition) is 3. The van der Waals surface area contributed by atoms with Crippen molar-refractivity contribution in [1.29, 1.82) is 0 Å². The summed E-state index contributed by atoms with van der Waals surface area (Å²) in [5, 5.41) is 23.4. The Morgan fingerprint density at radius 1 is 1.31 bits per heavy atom. The third kappa shape index (κ3) is 5.74. The van der Waals surface area contributed by atoms with Crippen molar-refractivity contribution in [3.05, 3.63) is 52.4 Å². The molecule has 0 fully saturated rings. The number of carbonyl (C=O) groups excluding carboxylic acids is 1. The maximum absolute atomic E-state index is 12.0. The normalized spacial score (nSPS) is 12.7. The highest BCUT2D eigenvalue weighted by molar-refractivity contribution is 6.32. The van der Waals surface area contributed by atoms with Crippen LogP contribution in [0.5, 0.6) is 5.75 Å². The predicted molar refractivity (Wildman–Crippen MR) is 117 cm³/mol. The smallest absolute Gasteiger partial charge is 0.306 e. The van der Waals surface area contributed by atoms with Crippen LogP contribution in [0.1, 0.15) is 36.4 Å². The summed E-state index contributed by atoms with van der Waals surface area (Å²) in [5.41, 5.74) is 7.16. The molecule has 172 valence electrons. The largest absolute Gasteiger partial charge is 0.483 e. The van der Waals surface area contributed by atoms with Gasteiger partial charge in [-0.15, -0.1) is 0 Å². The molecule has 0 saturated carbocycles. The molecule has 0 aliphatic heterocycles. The lowest BCUT2D eigenvalue weighted by Gasteiger charge is -2.23. The molecule has 3 aromatic rings. The Morgan fingerprint density at radius 3 is 2.72 bits per heavy atom. The van der Waals surface area contributed by atoms with Crippen LogP contribution < -0.4 is 10.5 Å². The van der Waals surface area contributed by atoms with Gasteiger partial charge in [0.1, 0.15) is 18.5 Å². The van der Waals surface area contributed by atoms with Crippen LogP contribution in [0, 0.1) is 6.92 Å². The zero-order valence-electron chi connectivity index (χ0n) is 17.9. The number of benzene rings is 1. The summed E-state index contributed by atoms with van der Waals surface area (Å²) in [6, 6.07) is 7.19. The summed E-state index contributed by atoms with van der Waals surface area (Å²) in [4.78, 5) is 16.4. The van der Waals surface area contributed by atoms with Crippen LogP contribution in [0.15, 0.2) is 35.0 Å². The summed E-state index contributed by atoms with van der Waals surface area (Å²) in [5.74, 6) is -0.105. The van der Waals surface area contributed by atoms with E-state index >= 15 is 0 Å². The van der Waals surface area contributed by atoms with Gasteiger partial charge in [-0.3, -0.25) is 9.78 Å². The molecular weight excluding hydrogens is 438 g/mol. The highest BCUT2D eigenvalue weighted by Crippen LogP contribution is 2.34. The van der Waals surface area contributed by atoms with E-state index in [0.29, 0.717) is 27.4 Å². The van der Waals surface area contributed by atoms with E-state index in [0.717, 1.165) is 11.3 Å². The van der Waals surface area contributed by atoms with Crippen molar-refractivity contribution in [3.63, 3.8) is 0 Å². The predicted octanol–water partition coefficient (Wildman–Crippen LogP) is 2.48. The first-order valence-electron chi connectivity index (χ1n) is 10.1. The van der Waals surface area contributed by atoms with Crippen LogP contribution in [0.3, 0.4) is 0 Å². The molecule has 1 atom stereocenters. The maximum atomic E-state index is 12.0. The molecule has 10 heteroatoms. The van der Waals surface area contributed by atoms with Crippen molar-refractivity contribution >= 4 is 28.5 Å². The molecule has 9 nitrogen and oxygen atoms in total. The molecule has 0 amide bonds. The Hall–Kier alpha value is -2.72. The summed E-state index contributed by atoms with van der Waals surface area (Å²) in [6.45, 7) is 2.53. The minimum absolute atomic E-state index is 0.0145. The number of pyridine rings is 1. The first-order valence-corrected chi connectivity index (χ1v) is 10.5. The highest BCUT2D eigenvalue weighted by Gasteiger charge is 2.25. The first kappa shape index (κ1) is 23.9. The van der Waals surface area contributed by atoms with Gasteiger partial charge in [-0.2, -0.15) is 0 Å². The second-order valence-corrected chi connectivity index (χ2v) is 8.18. The fourth-order valence-corrected chi connectivity index (χ4v) is 3.10. The Kier molecular flexibility index (Phi) is 7.68. The number of aliphatic hydroxyl groups is 2. The lowest BCUT2D eigenvalue weighted by Crippen LogP contribution is -2.51. The zero-order chi connectivity index (χ0) is 23.3. The van der Waals surface area contributed by atoms with Gasteiger partial charge in [0, 0.05) is 24.1 Å². The van der Waals surface area contributed by atoms with Gasteiger partial charge in [0.05, 0.1) is 41.6 Å². The number of ether oxygens (including phenoxy) is 2. The van der Waals surface area contributed by atoms with Crippen molar-refractivity contribution in [2.45, 2.75) is 38.3 Å². The number of hydrogen-bond acceptors (Lipinski definition) is 9. The monoisotopic (exact) mass is 463 g/mol. The number of fused-ring (bicyclic) bond motifs is 1. The van der Waals surface area contributed by atoms with Crippen LogP contribution in [0.4, 0.5) is 0 Å². The molecule has 1 aromatic carbocycles. The van der Waals surface area contributed by atoms with Gasteiger partial charge >= 0.3 is 5.97 Å². The van der Waals surface area contributed by atoms with Gasteiger partial charge < -0.3 is 29.9 Å². The van der Waals surface area contributed by atoms with E-state index in [9.17, 15) is 4.79 Å². The van der Waals surface area contributed by atoms with Gasteiger partial charge in [0.15, 0.2) is 5.58 Å². The zero-order valence-corrected chi connectivity index (χ0v) is 18.6. The van der Waals surface area contributed by atoms with E-state index < -0.39 is 24.7 Å². The molecule has 0 unspecified atom stereocenters. The molecule has 3 rings (SSSR count). The molecule has 2 aromatic heterocycles. The number of nitrogens with zero attached hydrogens (tertiary/aromatic N) is 2. The summed E-state index contributed by atoms with van der Waals surface area (Å²) in [7, 11) is 0. The van der Waals surface area contributed by atoms with Crippen molar-refractivity contribution in [1.82, 2.24) is 10.1 Å².